The number of rotatable bonds is 3. The Morgan fingerprint density at radius 2 is 1.95 bits per heavy atom. The maximum atomic E-state index is 11.9. The summed E-state index contributed by atoms with van der Waals surface area (Å²) in [4.78, 5) is 30.3. The molecule has 0 aliphatic heterocycles. The third-order valence-corrected chi connectivity index (χ3v) is 3.52. The lowest BCUT2D eigenvalue weighted by molar-refractivity contribution is 0.710. The minimum atomic E-state index is -0.398. The zero-order valence-corrected chi connectivity index (χ0v) is 11.7. The van der Waals surface area contributed by atoms with Gasteiger partial charge in [0.25, 0.3) is 5.56 Å². The summed E-state index contributed by atoms with van der Waals surface area (Å²) in [5.74, 6) is 0. The average molecular weight is 281 g/mol. The number of aryl methyl sites for hydroxylation is 1. The SMILES string of the molecule is CCc1cn(Cc2cccc3cccnc23)c(=O)[nH]c1=O. The van der Waals surface area contributed by atoms with E-state index in [1.165, 1.54) is 4.57 Å². The van der Waals surface area contributed by atoms with Crippen LogP contribution in [0.15, 0.2) is 52.3 Å². The fraction of sp³-hybridized carbons (Fsp3) is 0.188. The lowest BCUT2D eigenvalue weighted by Crippen LogP contribution is -2.31. The predicted molar refractivity (Wildman–Crippen MR) is 81.5 cm³/mol. The third kappa shape index (κ3) is 2.50. The van der Waals surface area contributed by atoms with Crippen molar-refractivity contribution in [3.8, 4) is 0 Å². The van der Waals surface area contributed by atoms with Gasteiger partial charge in [-0.1, -0.05) is 31.2 Å². The van der Waals surface area contributed by atoms with Gasteiger partial charge in [-0.2, -0.15) is 0 Å². The minimum absolute atomic E-state index is 0.310. The highest BCUT2D eigenvalue weighted by molar-refractivity contribution is 5.81. The molecule has 3 rings (SSSR count). The predicted octanol–water partition coefficient (Wildman–Crippen LogP) is 1.70. The van der Waals surface area contributed by atoms with Crippen molar-refractivity contribution in [2.24, 2.45) is 0 Å². The van der Waals surface area contributed by atoms with E-state index in [-0.39, 0.29) is 5.56 Å². The Labute approximate surface area is 120 Å². The van der Waals surface area contributed by atoms with Crippen molar-refractivity contribution < 1.29 is 0 Å². The van der Waals surface area contributed by atoms with Crippen LogP contribution in [0, 0.1) is 0 Å². The molecule has 1 N–H and O–H groups in total. The molecule has 106 valence electrons. The van der Waals surface area contributed by atoms with Crippen molar-refractivity contribution in [2.75, 3.05) is 0 Å². The Balaban J connectivity index is 2.11. The molecule has 1 aromatic carbocycles. The zero-order valence-electron chi connectivity index (χ0n) is 11.7. The van der Waals surface area contributed by atoms with Crippen LogP contribution >= 0.6 is 0 Å². The molecule has 0 aliphatic carbocycles. The van der Waals surface area contributed by atoms with E-state index in [1.54, 1.807) is 12.4 Å². The van der Waals surface area contributed by atoms with E-state index in [9.17, 15) is 9.59 Å². The first kappa shape index (κ1) is 13.3. The van der Waals surface area contributed by atoms with Crippen LogP contribution in [0.5, 0.6) is 0 Å². The fourth-order valence-corrected chi connectivity index (χ4v) is 2.40. The molecule has 0 aliphatic rings. The molecule has 0 bridgehead atoms. The molecule has 0 amide bonds. The van der Waals surface area contributed by atoms with Crippen molar-refractivity contribution in [2.45, 2.75) is 19.9 Å². The smallest absolute Gasteiger partial charge is 0.296 e. The van der Waals surface area contributed by atoms with E-state index in [4.69, 9.17) is 0 Å². The maximum Gasteiger partial charge on any atom is 0.328 e. The van der Waals surface area contributed by atoms with Gasteiger partial charge in [-0.05, 0) is 18.1 Å². The van der Waals surface area contributed by atoms with Gasteiger partial charge in [0.15, 0.2) is 0 Å². The highest BCUT2D eigenvalue weighted by Gasteiger charge is 2.06. The van der Waals surface area contributed by atoms with Crippen molar-refractivity contribution in [1.82, 2.24) is 14.5 Å². The molecular formula is C16H15N3O2. The van der Waals surface area contributed by atoms with E-state index < -0.39 is 5.69 Å². The van der Waals surface area contributed by atoms with E-state index in [2.05, 4.69) is 9.97 Å². The van der Waals surface area contributed by atoms with Gasteiger partial charge in [-0.25, -0.2) is 4.79 Å². The number of benzene rings is 1. The standard InChI is InChI=1S/C16H15N3O2/c1-2-11-9-19(16(21)18-15(11)20)10-13-6-3-5-12-7-4-8-17-14(12)13/h3-9H,2,10H2,1H3,(H,18,20,21). The summed E-state index contributed by atoms with van der Waals surface area (Å²) in [5.41, 5.74) is 1.71. The van der Waals surface area contributed by atoms with Crippen LogP contribution in [0.25, 0.3) is 10.9 Å². The number of nitrogens with one attached hydrogen (secondary N) is 1. The third-order valence-electron chi connectivity index (χ3n) is 3.52. The number of para-hydroxylation sites is 1. The van der Waals surface area contributed by atoms with Crippen LogP contribution < -0.4 is 11.2 Å². The number of fused-ring (bicyclic) bond motifs is 1. The molecule has 0 unspecified atom stereocenters. The number of nitrogens with zero attached hydrogens (tertiary/aromatic N) is 2. The van der Waals surface area contributed by atoms with Gasteiger partial charge >= 0.3 is 5.69 Å². The topological polar surface area (TPSA) is 67.8 Å². The highest BCUT2D eigenvalue weighted by atomic mass is 16.2. The Bertz CT molecular complexity index is 904. The molecule has 0 radical (unpaired) electrons. The van der Waals surface area contributed by atoms with Crippen LogP contribution in [-0.4, -0.2) is 14.5 Å². The van der Waals surface area contributed by atoms with Gasteiger partial charge in [0.05, 0.1) is 12.1 Å². The summed E-state index contributed by atoms with van der Waals surface area (Å²) in [7, 11) is 0. The minimum Gasteiger partial charge on any atom is -0.296 e. The summed E-state index contributed by atoms with van der Waals surface area (Å²) in [5, 5.41) is 1.03. The van der Waals surface area contributed by atoms with E-state index in [0.29, 0.717) is 18.5 Å². The molecule has 0 saturated heterocycles. The first-order chi connectivity index (χ1) is 10.2. The molecule has 5 nitrogen and oxygen atoms in total. The molecule has 0 atom stereocenters. The lowest BCUT2D eigenvalue weighted by Gasteiger charge is -2.09. The number of aromatic amines is 1. The molecule has 21 heavy (non-hydrogen) atoms. The summed E-state index contributed by atoms with van der Waals surface area (Å²) in [6, 6.07) is 9.74. The number of hydrogen-bond acceptors (Lipinski definition) is 3. The molecule has 0 saturated carbocycles. The second-order valence-electron chi connectivity index (χ2n) is 4.89. The molecule has 0 fully saturated rings. The molecule has 3 aromatic rings. The van der Waals surface area contributed by atoms with Gasteiger partial charge in [0, 0.05) is 23.3 Å². The molecular weight excluding hydrogens is 266 g/mol. The number of hydrogen-bond donors (Lipinski definition) is 1. The van der Waals surface area contributed by atoms with Crippen molar-refractivity contribution in [1.29, 1.82) is 0 Å². The highest BCUT2D eigenvalue weighted by Crippen LogP contribution is 2.16. The maximum absolute atomic E-state index is 11.9. The van der Waals surface area contributed by atoms with Crippen molar-refractivity contribution >= 4 is 10.9 Å². The molecule has 2 heterocycles. The van der Waals surface area contributed by atoms with Gasteiger partial charge in [0.1, 0.15) is 0 Å². The van der Waals surface area contributed by atoms with Crippen LogP contribution in [0.3, 0.4) is 0 Å². The second-order valence-corrected chi connectivity index (χ2v) is 4.89. The monoisotopic (exact) mass is 281 g/mol. The summed E-state index contributed by atoms with van der Waals surface area (Å²) in [6.07, 6.45) is 3.95. The van der Waals surface area contributed by atoms with Gasteiger partial charge in [-0.15, -0.1) is 0 Å². The van der Waals surface area contributed by atoms with Crippen LogP contribution in [0.4, 0.5) is 0 Å². The number of H-pyrrole nitrogens is 1. The van der Waals surface area contributed by atoms with E-state index in [1.807, 2.05) is 37.3 Å². The first-order valence-corrected chi connectivity index (χ1v) is 6.84. The summed E-state index contributed by atoms with van der Waals surface area (Å²) < 4.78 is 1.52. The Kier molecular flexibility index (Phi) is 3.39. The molecule has 0 spiro atoms. The molecule has 5 heteroatoms. The lowest BCUT2D eigenvalue weighted by atomic mass is 10.1. The van der Waals surface area contributed by atoms with Gasteiger partial charge < -0.3 is 0 Å². The van der Waals surface area contributed by atoms with Crippen molar-refractivity contribution in [3.63, 3.8) is 0 Å². The van der Waals surface area contributed by atoms with E-state index in [0.717, 1.165) is 16.5 Å². The fourth-order valence-electron chi connectivity index (χ4n) is 2.40. The number of pyridine rings is 1. The van der Waals surface area contributed by atoms with Crippen LogP contribution in [-0.2, 0) is 13.0 Å². The van der Waals surface area contributed by atoms with Gasteiger partial charge in [-0.3, -0.25) is 19.3 Å². The van der Waals surface area contributed by atoms with Crippen LogP contribution in [0.1, 0.15) is 18.1 Å². The zero-order chi connectivity index (χ0) is 14.8. The van der Waals surface area contributed by atoms with Gasteiger partial charge in [0.2, 0.25) is 0 Å². The van der Waals surface area contributed by atoms with Crippen LogP contribution in [0.2, 0.25) is 0 Å². The Morgan fingerprint density at radius 3 is 2.76 bits per heavy atom. The first-order valence-electron chi connectivity index (χ1n) is 6.84. The number of aromatic nitrogens is 3. The summed E-state index contributed by atoms with van der Waals surface area (Å²) in [6.45, 7) is 2.27. The average Bonchev–Trinajstić information content (AvgIpc) is 2.50. The van der Waals surface area contributed by atoms with E-state index >= 15 is 0 Å². The Morgan fingerprint density at radius 1 is 1.14 bits per heavy atom. The summed E-state index contributed by atoms with van der Waals surface area (Å²) >= 11 is 0. The molecule has 2 aromatic heterocycles. The second kappa shape index (κ2) is 5.36. The van der Waals surface area contributed by atoms with Crippen molar-refractivity contribution in [3.05, 3.63) is 74.7 Å². The quantitative estimate of drug-likeness (QED) is 0.794. The Hall–Kier alpha value is -2.69. The normalized spacial score (nSPS) is 10.9. The largest absolute Gasteiger partial charge is 0.328 e.